The highest BCUT2D eigenvalue weighted by atomic mass is 16.5. The van der Waals surface area contributed by atoms with E-state index in [0.717, 1.165) is 17.7 Å². The highest BCUT2D eigenvalue weighted by Gasteiger charge is 2.47. The van der Waals surface area contributed by atoms with Crippen LogP contribution in [0.25, 0.3) is 11.1 Å². The Hall–Kier alpha value is -2.15. The molecule has 0 aliphatic carbocycles. The lowest BCUT2D eigenvalue weighted by Crippen LogP contribution is -2.37. The molecule has 2 aromatic rings. The molecule has 4 rings (SSSR count). The summed E-state index contributed by atoms with van der Waals surface area (Å²) >= 11 is 0. The summed E-state index contributed by atoms with van der Waals surface area (Å²) in [7, 11) is 0. The van der Waals surface area contributed by atoms with E-state index < -0.39 is 0 Å². The van der Waals surface area contributed by atoms with E-state index in [-0.39, 0.29) is 0 Å². The second-order valence-electron chi connectivity index (χ2n) is 7.62. The fourth-order valence-corrected chi connectivity index (χ4v) is 4.73. The summed E-state index contributed by atoms with van der Waals surface area (Å²) in [5, 5.41) is 9.28. The molecule has 2 aromatic carbocycles. The highest BCUT2D eigenvalue weighted by molar-refractivity contribution is 5.70. The summed E-state index contributed by atoms with van der Waals surface area (Å²) < 4.78 is 6.25. The Morgan fingerprint density at radius 1 is 1.19 bits per heavy atom. The van der Waals surface area contributed by atoms with Crippen LogP contribution in [0.3, 0.4) is 0 Å². The topological polar surface area (TPSA) is 36.3 Å². The van der Waals surface area contributed by atoms with Crippen LogP contribution in [0.15, 0.2) is 48.5 Å². The molecule has 0 aromatic heterocycles. The number of benzene rings is 2. The van der Waals surface area contributed by atoms with Gasteiger partial charge < -0.3 is 4.74 Å². The zero-order valence-electron chi connectivity index (χ0n) is 15.4. The van der Waals surface area contributed by atoms with Crippen molar-refractivity contribution in [2.75, 3.05) is 13.1 Å². The highest BCUT2D eigenvalue weighted by Crippen LogP contribution is 2.42. The van der Waals surface area contributed by atoms with Crippen LogP contribution in [0.4, 0.5) is 0 Å². The molecule has 2 aliphatic rings. The maximum absolute atomic E-state index is 9.28. The monoisotopic (exact) mass is 346 g/mol. The van der Waals surface area contributed by atoms with Crippen molar-refractivity contribution in [2.24, 2.45) is 0 Å². The fourth-order valence-electron chi connectivity index (χ4n) is 4.73. The molecule has 2 heterocycles. The van der Waals surface area contributed by atoms with E-state index in [9.17, 15) is 5.26 Å². The summed E-state index contributed by atoms with van der Waals surface area (Å²) in [5.41, 5.74) is 4.39. The van der Waals surface area contributed by atoms with Gasteiger partial charge in [-0.2, -0.15) is 5.26 Å². The van der Waals surface area contributed by atoms with E-state index in [0.29, 0.717) is 23.8 Å². The predicted molar refractivity (Wildman–Crippen MR) is 104 cm³/mol. The zero-order chi connectivity index (χ0) is 18.0. The molecule has 0 unspecified atom stereocenters. The van der Waals surface area contributed by atoms with Crippen LogP contribution in [0.1, 0.15) is 43.7 Å². The van der Waals surface area contributed by atoms with Gasteiger partial charge in [-0.25, -0.2) is 0 Å². The number of hydrogen-bond acceptors (Lipinski definition) is 3. The number of nitriles is 1. The lowest BCUT2D eigenvalue weighted by Gasteiger charge is -2.30. The van der Waals surface area contributed by atoms with Crippen LogP contribution in [-0.2, 0) is 11.3 Å². The van der Waals surface area contributed by atoms with Gasteiger partial charge in [-0.3, -0.25) is 4.90 Å². The standard InChI is InChI=1S/C23H26N2O/c1-2-23-12-5-13-25(23)16-21(14-23)26-17-18-8-10-19(11-9-18)22-7-4-3-6-20(22)15-24/h3-4,6-11,21H,2,5,12-14,16-17H2,1H3/t21-,23+/m1/s1. The van der Waals surface area contributed by atoms with Crippen molar-refractivity contribution in [1.82, 2.24) is 4.90 Å². The van der Waals surface area contributed by atoms with Crippen molar-refractivity contribution >= 4 is 0 Å². The number of ether oxygens (including phenoxy) is 1. The van der Waals surface area contributed by atoms with Gasteiger partial charge >= 0.3 is 0 Å². The lowest BCUT2D eigenvalue weighted by atomic mass is 9.90. The predicted octanol–water partition coefficient (Wildman–Crippen LogP) is 4.76. The molecule has 0 radical (unpaired) electrons. The molecule has 134 valence electrons. The molecule has 3 nitrogen and oxygen atoms in total. The molecule has 0 spiro atoms. The van der Waals surface area contributed by atoms with E-state index in [1.807, 2.05) is 24.3 Å². The van der Waals surface area contributed by atoms with Crippen LogP contribution in [0.5, 0.6) is 0 Å². The van der Waals surface area contributed by atoms with Crippen molar-refractivity contribution in [3.8, 4) is 17.2 Å². The van der Waals surface area contributed by atoms with Crippen molar-refractivity contribution in [3.63, 3.8) is 0 Å². The molecule has 2 saturated heterocycles. The lowest BCUT2D eigenvalue weighted by molar-refractivity contribution is 0.0452. The van der Waals surface area contributed by atoms with Crippen LogP contribution < -0.4 is 0 Å². The van der Waals surface area contributed by atoms with Gasteiger partial charge in [0.05, 0.1) is 24.3 Å². The minimum absolute atomic E-state index is 0.356. The summed E-state index contributed by atoms with van der Waals surface area (Å²) in [6.45, 7) is 5.30. The van der Waals surface area contributed by atoms with E-state index in [1.165, 1.54) is 37.8 Å². The van der Waals surface area contributed by atoms with Gasteiger partial charge in [-0.1, -0.05) is 49.4 Å². The Kier molecular flexibility index (Phi) is 4.80. The second kappa shape index (κ2) is 7.23. The van der Waals surface area contributed by atoms with E-state index in [2.05, 4.69) is 42.2 Å². The minimum Gasteiger partial charge on any atom is -0.372 e. The molecule has 0 N–H and O–H groups in total. The summed E-state index contributed by atoms with van der Waals surface area (Å²) in [6.07, 6.45) is 5.44. The zero-order valence-corrected chi connectivity index (χ0v) is 15.4. The second-order valence-corrected chi connectivity index (χ2v) is 7.62. The Morgan fingerprint density at radius 3 is 2.73 bits per heavy atom. The maximum atomic E-state index is 9.28. The number of fused-ring (bicyclic) bond motifs is 1. The number of nitrogens with zero attached hydrogens (tertiary/aromatic N) is 2. The van der Waals surface area contributed by atoms with Crippen molar-refractivity contribution in [3.05, 3.63) is 59.7 Å². The van der Waals surface area contributed by atoms with Gasteiger partial charge in [0.2, 0.25) is 0 Å². The maximum Gasteiger partial charge on any atom is 0.0998 e. The first-order chi connectivity index (χ1) is 12.7. The van der Waals surface area contributed by atoms with Gasteiger partial charge in [-0.05, 0) is 55.0 Å². The van der Waals surface area contributed by atoms with E-state index in [4.69, 9.17) is 4.74 Å². The molecule has 2 aliphatic heterocycles. The van der Waals surface area contributed by atoms with Crippen LogP contribution in [0.2, 0.25) is 0 Å². The molecule has 0 amide bonds. The SMILES string of the molecule is CC[C@@]12CCCN1C[C@H](OCc1ccc(-c3ccccc3C#N)cc1)C2. The third-order valence-corrected chi connectivity index (χ3v) is 6.23. The Bertz CT molecular complexity index is 808. The molecule has 0 saturated carbocycles. The molecular formula is C23H26N2O. The molecule has 2 fully saturated rings. The Morgan fingerprint density at radius 2 is 2.00 bits per heavy atom. The van der Waals surface area contributed by atoms with Crippen LogP contribution in [-0.4, -0.2) is 29.6 Å². The number of rotatable bonds is 5. The summed E-state index contributed by atoms with van der Waals surface area (Å²) in [5.74, 6) is 0. The van der Waals surface area contributed by atoms with Gasteiger partial charge in [0.15, 0.2) is 0 Å². The summed E-state index contributed by atoms with van der Waals surface area (Å²) in [4.78, 5) is 2.65. The minimum atomic E-state index is 0.356. The first-order valence-corrected chi connectivity index (χ1v) is 9.69. The normalized spacial score (nSPS) is 25.2. The van der Waals surface area contributed by atoms with Crippen molar-refractivity contribution < 1.29 is 4.74 Å². The average Bonchev–Trinajstić information content (AvgIpc) is 3.24. The van der Waals surface area contributed by atoms with Crippen LogP contribution in [0, 0.1) is 11.3 Å². The quantitative estimate of drug-likeness (QED) is 0.783. The Balaban J connectivity index is 1.39. The molecular weight excluding hydrogens is 320 g/mol. The van der Waals surface area contributed by atoms with Crippen molar-refractivity contribution in [2.45, 2.75) is 50.9 Å². The first kappa shape index (κ1) is 17.3. The first-order valence-electron chi connectivity index (χ1n) is 9.69. The van der Waals surface area contributed by atoms with E-state index >= 15 is 0 Å². The Labute approximate surface area is 156 Å². The van der Waals surface area contributed by atoms with Gasteiger partial charge in [0.1, 0.15) is 0 Å². The summed E-state index contributed by atoms with van der Waals surface area (Å²) in [6, 6.07) is 18.4. The van der Waals surface area contributed by atoms with Gasteiger partial charge in [-0.15, -0.1) is 0 Å². The van der Waals surface area contributed by atoms with E-state index in [1.54, 1.807) is 0 Å². The third kappa shape index (κ3) is 3.16. The molecule has 3 heteroatoms. The van der Waals surface area contributed by atoms with Gasteiger partial charge in [0.25, 0.3) is 0 Å². The average molecular weight is 346 g/mol. The third-order valence-electron chi connectivity index (χ3n) is 6.23. The molecule has 0 bridgehead atoms. The number of hydrogen-bond donors (Lipinski definition) is 0. The largest absolute Gasteiger partial charge is 0.372 e. The van der Waals surface area contributed by atoms with Crippen LogP contribution >= 0.6 is 0 Å². The van der Waals surface area contributed by atoms with Crippen molar-refractivity contribution in [1.29, 1.82) is 5.26 Å². The smallest absolute Gasteiger partial charge is 0.0998 e. The fraction of sp³-hybridized carbons (Fsp3) is 0.435. The molecule has 2 atom stereocenters. The molecule has 26 heavy (non-hydrogen) atoms. The van der Waals surface area contributed by atoms with Gasteiger partial charge in [0, 0.05) is 12.1 Å².